The van der Waals surface area contributed by atoms with Crippen molar-refractivity contribution < 1.29 is 9.59 Å². The summed E-state index contributed by atoms with van der Waals surface area (Å²) in [5.74, 6) is -0.0847. The Morgan fingerprint density at radius 2 is 1.92 bits per heavy atom. The van der Waals surface area contributed by atoms with E-state index in [1.165, 1.54) is 16.9 Å². The molecule has 0 spiro atoms. The molecule has 0 radical (unpaired) electrons. The summed E-state index contributed by atoms with van der Waals surface area (Å²) >= 11 is 3.11. The van der Waals surface area contributed by atoms with Crippen molar-refractivity contribution in [2.75, 3.05) is 26.2 Å². The van der Waals surface area contributed by atoms with E-state index >= 15 is 0 Å². The van der Waals surface area contributed by atoms with E-state index < -0.39 is 6.04 Å². The maximum Gasteiger partial charge on any atom is 0.262 e. The second-order valence-electron chi connectivity index (χ2n) is 6.91. The van der Waals surface area contributed by atoms with E-state index in [9.17, 15) is 9.59 Å². The first-order chi connectivity index (χ1) is 12.5. The maximum absolute atomic E-state index is 13.0. The summed E-state index contributed by atoms with van der Waals surface area (Å²) in [6, 6.07) is 5.30. The SMILES string of the molecule is CC(C)C(NC(=O)c1cccs1)C(=O)N1CCN(Cc2ccsc2)CC1. The number of carbonyl (C=O) groups excluding carboxylic acids is 2. The molecule has 2 amide bonds. The first kappa shape index (κ1) is 19.1. The van der Waals surface area contributed by atoms with E-state index in [1.54, 1.807) is 17.4 Å². The van der Waals surface area contributed by atoms with Gasteiger partial charge in [-0.2, -0.15) is 11.3 Å². The summed E-state index contributed by atoms with van der Waals surface area (Å²) < 4.78 is 0. The molecule has 1 aliphatic rings. The summed E-state index contributed by atoms with van der Waals surface area (Å²) in [5.41, 5.74) is 1.33. The first-order valence-electron chi connectivity index (χ1n) is 8.91. The van der Waals surface area contributed by atoms with Crippen LogP contribution < -0.4 is 5.32 Å². The van der Waals surface area contributed by atoms with E-state index in [-0.39, 0.29) is 17.7 Å². The predicted octanol–water partition coefficient (Wildman–Crippen LogP) is 2.91. The third kappa shape index (κ3) is 4.72. The minimum absolute atomic E-state index is 0.0279. The highest BCUT2D eigenvalue weighted by Gasteiger charge is 2.31. The van der Waals surface area contributed by atoms with Crippen LogP contribution in [0.2, 0.25) is 0 Å². The number of hydrogen-bond donors (Lipinski definition) is 1. The Labute approximate surface area is 162 Å². The van der Waals surface area contributed by atoms with E-state index in [0.717, 1.165) is 19.6 Å². The number of amides is 2. The van der Waals surface area contributed by atoms with Gasteiger partial charge in [0.05, 0.1) is 4.88 Å². The van der Waals surface area contributed by atoms with Crippen LogP contribution in [0.3, 0.4) is 0 Å². The molecule has 3 heterocycles. The fourth-order valence-electron chi connectivity index (χ4n) is 3.10. The molecule has 0 saturated carbocycles. The zero-order valence-corrected chi connectivity index (χ0v) is 16.8. The van der Waals surface area contributed by atoms with Gasteiger partial charge in [0.15, 0.2) is 0 Å². The van der Waals surface area contributed by atoms with Crippen molar-refractivity contribution in [2.24, 2.45) is 5.92 Å². The molecule has 1 atom stereocenters. The predicted molar refractivity (Wildman–Crippen MR) is 107 cm³/mol. The Morgan fingerprint density at radius 3 is 2.50 bits per heavy atom. The fraction of sp³-hybridized carbons (Fsp3) is 0.474. The van der Waals surface area contributed by atoms with E-state index in [2.05, 4.69) is 27.0 Å². The van der Waals surface area contributed by atoms with Gasteiger partial charge in [0, 0.05) is 32.7 Å². The Hall–Kier alpha value is -1.70. The number of carbonyl (C=O) groups is 2. The fourth-order valence-corrected chi connectivity index (χ4v) is 4.38. The molecule has 2 aromatic heterocycles. The summed E-state index contributed by atoms with van der Waals surface area (Å²) in [4.78, 5) is 30.2. The Bertz CT molecular complexity index is 705. The quantitative estimate of drug-likeness (QED) is 0.824. The molecule has 1 saturated heterocycles. The summed E-state index contributed by atoms with van der Waals surface area (Å²) in [5, 5.41) is 9.07. The third-order valence-corrected chi connectivity index (χ3v) is 6.24. The van der Waals surface area contributed by atoms with Crippen LogP contribution in [0.1, 0.15) is 29.1 Å². The molecule has 1 fully saturated rings. The highest BCUT2D eigenvalue weighted by molar-refractivity contribution is 7.12. The van der Waals surface area contributed by atoms with Gasteiger partial charge in [0.1, 0.15) is 6.04 Å². The minimum atomic E-state index is -0.479. The third-order valence-electron chi connectivity index (χ3n) is 4.63. The molecule has 0 aromatic carbocycles. The molecule has 7 heteroatoms. The monoisotopic (exact) mass is 391 g/mol. The van der Waals surface area contributed by atoms with Gasteiger partial charge < -0.3 is 10.2 Å². The average Bonchev–Trinajstić information content (AvgIpc) is 3.33. The maximum atomic E-state index is 13.0. The van der Waals surface area contributed by atoms with Gasteiger partial charge in [-0.3, -0.25) is 14.5 Å². The van der Waals surface area contributed by atoms with Crippen molar-refractivity contribution >= 4 is 34.5 Å². The number of nitrogens with one attached hydrogen (secondary N) is 1. The zero-order valence-electron chi connectivity index (χ0n) is 15.2. The normalized spacial score (nSPS) is 16.7. The van der Waals surface area contributed by atoms with Crippen molar-refractivity contribution in [3.05, 3.63) is 44.8 Å². The standard InChI is InChI=1S/C19H25N3O2S2/c1-14(2)17(20-18(23)16-4-3-10-26-16)19(24)22-8-6-21(7-9-22)12-15-5-11-25-13-15/h3-5,10-11,13-14,17H,6-9,12H2,1-2H3,(H,20,23). The lowest BCUT2D eigenvalue weighted by molar-refractivity contribution is -0.136. The Kier molecular flexibility index (Phi) is 6.45. The van der Waals surface area contributed by atoms with Gasteiger partial charge in [0.25, 0.3) is 5.91 Å². The van der Waals surface area contributed by atoms with E-state index in [4.69, 9.17) is 0 Å². The summed E-state index contributed by atoms with van der Waals surface area (Å²) in [6.07, 6.45) is 0. The second-order valence-corrected chi connectivity index (χ2v) is 8.63. The number of piperazine rings is 1. The van der Waals surface area contributed by atoms with Crippen molar-refractivity contribution in [1.29, 1.82) is 0 Å². The molecule has 3 rings (SSSR count). The van der Waals surface area contributed by atoms with Crippen LogP contribution >= 0.6 is 22.7 Å². The minimum Gasteiger partial charge on any atom is -0.339 e. The molecule has 5 nitrogen and oxygen atoms in total. The molecule has 140 valence electrons. The number of nitrogens with zero attached hydrogens (tertiary/aromatic N) is 2. The van der Waals surface area contributed by atoms with Crippen LogP contribution in [0.4, 0.5) is 0 Å². The molecule has 1 unspecified atom stereocenters. The average molecular weight is 392 g/mol. The second kappa shape index (κ2) is 8.79. The lowest BCUT2D eigenvalue weighted by Crippen LogP contribution is -2.56. The van der Waals surface area contributed by atoms with Crippen molar-refractivity contribution in [3.63, 3.8) is 0 Å². The van der Waals surface area contributed by atoms with Gasteiger partial charge in [-0.15, -0.1) is 11.3 Å². The van der Waals surface area contributed by atoms with Crippen LogP contribution in [-0.2, 0) is 11.3 Å². The topological polar surface area (TPSA) is 52.7 Å². The van der Waals surface area contributed by atoms with Gasteiger partial charge in [-0.25, -0.2) is 0 Å². The van der Waals surface area contributed by atoms with E-state index in [0.29, 0.717) is 18.0 Å². The Morgan fingerprint density at radius 1 is 1.15 bits per heavy atom. The van der Waals surface area contributed by atoms with Crippen LogP contribution in [0.15, 0.2) is 34.3 Å². The molecular weight excluding hydrogens is 366 g/mol. The molecule has 1 aliphatic heterocycles. The van der Waals surface area contributed by atoms with Crippen molar-refractivity contribution in [1.82, 2.24) is 15.1 Å². The summed E-state index contributed by atoms with van der Waals surface area (Å²) in [6.45, 7) is 8.04. The number of rotatable bonds is 6. The van der Waals surface area contributed by atoms with Crippen molar-refractivity contribution in [2.45, 2.75) is 26.4 Å². The van der Waals surface area contributed by atoms with Gasteiger partial charge >= 0.3 is 0 Å². The Balaban J connectivity index is 1.55. The van der Waals surface area contributed by atoms with Crippen LogP contribution in [0.5, 0.6) is 0 Å². The zero-order chi connectivity index (χ0) is 18.5. The first-order valence-corrected chi connectivity index (χ1v) is 10.7. The molecule has 0 aliphatic carbocycles. The summed E-state index contributed by atoms with van der Waals surface area (Å²) in [7, 11) is 0. The molecule has 26 heavy (non-hydrogen) atoms. The number of hydrogen-bond acceptors (Lipinski definition) is 5. The van der Waals surface area contributed by atoms with Gasteiger partial charge in [-0.05, 0) is 39.8 Å². The van der Waals surface area contributed by atoms with Crippen LogP contribution in [-0.4, -0.2) is 53.8 Å². The molecular formula is C19H25N3O2S2. The largest absolute Gasteiger partial charge is 0.339 e. The van der Waals surface area contributed by atoms with E-state index in [1.807, 2.05) is 30.2 Å². The van der Waals surface area contributed by atoms with Crippen LogP contribution in [0, 0.1) is 5.92 Å². The molecule has 1 N–H and O–H groups in total. The smallest absolute Gasteiger partial charge is 0.262 e. The lowest BCUT2D eigenvalue weighted by Gasteiger charge is -2.37. The molecule has 2 aromatic rings. The highest BCUT2D eigenvalue weighted by Crippen LogP contribution is 2.15. The lowest BCUT2D eigenvalue weighted by atomic mass is 10.0. The number of thiophene rings is 2. The highest BCUT2D eigenvalue weighted by atomic mass is 32.1. The van der Waals surface area contributed by atoms with Crippen molar-refractivity contribution in [3.8, 4) is 0 Å². The van der Waals surface area contributed by atoms with Crippen LogP contribution in [0.25, 0.3) is 0 Å². The van der Waals surface area contributed by atoms with Gasteiger partial charge in [-0.1, -0.05) is 19.9 Å². The molecule has 0 bridgehead atoms. The van der Waals surface area contributed by atoms with Gasteiger partial charge in [0.2, 0.25) is 5.91 Å².